The Labute approximate surface area is 91.3 Å². The molecule has 0 saturated heterocycles. The predicted molar refractivity (Wildman–Crippen MR) is 60.7 cm³/mol. The van der Waals surface area contributed by atoms with Crippen LogP contribution in [0.4, 0.5) is 0 Å². The van der Waals surface area contributed by atoms with Gasteiger partial charge in [0.1, 0.15) is 0 Å². The highest BCUT2D eigenvalue weighted by atomic mass is 16.3. The standard InChI is InChI=1S/C11H21N3O/c1-10-8-13-14(9-10)7-6-12-5-4-11(2,3)15/h8-9,12,15H,4-7H2,1-3H3. The van der Waals surface area contributed by atoms with Crippen molar-refractivity contribution in [3.05, 3.63) is 18.0 Å². The van der Waals surface area contributed by atoms with Crippen molar-refractivity contribution in [3.8, 4) is 0 Å². The number of aromatic nitrogens is 2. The van der Waals surface area contributed by atoms with Gasteiger partial charge in [-0.25, -0.2) is 0 Å². The van der Waals surface area contributed by atoms with Gasteiger partial charge >= 0.3 is 0 Å². The summed E-state index contributed by atoms with van der Waals surface area (Å²) in [7, 11) is 0. The zero-order chi connectivity index (χ0) is 11.3. The van der Waals surface area contributed by atoms with Crippen LogP contribution in [0.25, 0.3) is 0 Å². The predicted octanol–water partition coefficient (Wildman–Crippen LogP) is 0.942. The van der Waals surface area contributed by atoms with Gasteiger partial charge in [0.05, 0.1) is 18.3 Å². The smallest absolute Gasteiger partial charge is 0.0603 e. The Balaban J connectivity index is 2.07. The van der Waals surface area contributed by atoms with E-state index in [1.165, 1.54) is 5.56 Å². The molecule has 0 saturated carbocycles. The Morgan fingerprint density at radius 2 is 2.20 bits per heavy atom. The molecule has 0 spiro atoms. The highest BCUT2D eigenvalue weighted by Gasteiger charge is 2.10. The van der Waals surface area contributed by atoms with Gasteiger partial charge in [-0.1, -0.05) is 0 Å². The summed E-state index contributed by atoms with van der Waals surface area (Å²) in [5.74, 6) is 0. The first-order valence-electron chi connectivity index (χ1n) is 5.39. The van der Waals surface area contributed by atoms with Gasteiger partial charge in [-0.05, 0) is 39.3 Å². The zero-order valence-electron chi connectivity index (χ0n) is 9.82. The van der Waals surface area contributed by atoms with Gasteiger partial charge in [0.15, 0.2) is 0 Å². The maximum Gasteiger partial charge on any atom is 0.0603 e. The van der Waals surface area contributed by atoms with Crippen LogP contribution < -0.4 is 5.32 Å². The Bertz CT molecular complexity index is 288. The molecule has 0 fully saturated rings. The van der Waals surface area contributed by atoms with Gasteiger partial charge in [-0.3, -0.25) is 4.68 Å². The van der Waals surface area contributed by atoms with Crippen LogP contribution in [0, 0.1) is 6.92 Å². The summed E-state index contributed by atoms with van der Waals surface area (Å²) in [6.07, 6.45) is 4.65. The first-order chi connectivity index (χ1) is 6.97. The minimum absolute atomic E-state index is 0.574. The first kappa shape index (κ1) is 12.2. The number of nitrogens with zero attached hydrogens (tertiary/aromatic N) is 2. The second kappa shape index (κ2) is 5.28. The zero-order valence-corrected chi connectivity index (χ0v) is 9.82. The number of aryl methyl sites for hydroxylation is 1. The van der Waals surface area contributed by atoms with Crippen LogP contribution in [0.15, 0.2) is 12.4 Å². The molecular formula is C11H21N3O. The summed E-state index contributed by atoms with van der Waals surface area (Å²) in [5, 5.41) is 16.9. The summed E-state index contributed by atoms with van der Waals surface area (Å²) in [6, 6.07) is 0. The molecule has 1 aromatic rings. The fraction of sp³-hybridized carbons (Fsp3) is 0.727. The minimum atomic E-state index is -0.574. The van der Waals surface area contributed by atoms with Crippen molar-refractivity contribution in [3.63, 3.8) is 0 Å². The van der Waals surface area contributed by atoms with Gasteiger partial charge in [-0.15, -0.1) is 0 Å². The van der Waals surface area contributed by atoms with Crippen LogP contribution in [0.1, 0.15) is 25.8 Å². The Morgan fingerprint density at radius 1 is 1.47 bits per heavy atom. The van der Waals surface area contributed by atoms with E-state index in [0.29, 0.717) is 0 Å². The van der Waals surface area contributed by atoms with Crippen molar-refractivity contribution in [1.29, 1.82) is 0 Å². The molecule has 4 nitrogen and oxygen atoms in total. The number of aliphatic hydroxyl groups is 1. The normalized spacial score (nSPS) is 12.0. The van der Waals surface area contributed by atoms with Crippen molar-refractivity contribution in [2.24, 2.45) is 0 Å². The van der Waals surface area contributed by atoms with Crippen LogP contribution >= 0.6 is 0 Å². The molecule has 0 amide bonds. The fourth-order valence-corrected chi connectivity index (χ4v) is 1.30. The lowest BCUT2D eigenvalue weighted by Gasteiger charge is -2.16. The summed E-state index contributed by atoms with van der Waals surface area (Å²) in [5.41, 5.74) is 0.612. The highest BCUT2D eigenvalue weighted by Crippen LogP contribution is 2.04. The van der Waals surface area contributed by atoms with Crippen LogP contribution in [-0.4, -0.2) is 33.6 Å². The Kier molecular flexibility index (Phi) is 4.29. The van der Waals surface area contributed by atoms with E-state index in [-0.39, 0.29) is 0 Å². The Hall–Kier alpha value is -0.870. The van der Waals surface area contributed by atoms with Crippen LogP contribution in [-0.2, 0) is 6.54 Å². The van der Waals surface area contributed by atoms with Gasteiger partial charge in [0, 0.05) is 12.7 Å². The second-order valence-corrected chi connectivity index (χ2v) is 4.59. The van der Waals surface area contributed by atoms with E-state index in [0.717, 1.165) is 26.1 Å². The number of nitrogens with one attached hydrogen (secondary N) is 1. The highest BCUT2D eigenvalue weighted by molar-refractivity contribution is 4.99. The quantitative estimate of drug-likeness (QED) is 0.689. The van der Waals surface area contributed by atoms with E-state index >= 15 is 0 Å². The van der Waals surface area contributed by atoms with E-state index in [4.69, 9.17) is 0 Å². The third-order valence-electron chi connectivity index (χ3n) is 2.19. The first-order valence-corrected chi connectivity index (χ1v) is 5.39. The lowest BCUT2D eigenvalue weighted by Crippen LogP contribution is -2.28. The van der Waals surface area contributed by atoms with Crippen molar-refractivity contribution in [2.75, 3.05) is 13.1 Å². The molecule has 0 aliphatic heterocycles. The van der Waals surface area contributed by atoms with E-state index in [1.807, 2.05) is 37.8 Å². The van der Waals surface area contributed by atoms with Gasteiger partial charge < -0.3 is 10.4 Å². The van der Waals surface area contributed by atoms with Crippen LogP contribution in [0.5, 0.6) is 0 Å². The molecule has 1 aromatic heterocycles. The average molecular weight is 211 g/mol. The van der Waals surface area contributed by atoms with E-state index in [9.17, 15) is 5.11 Å². The number of hydrogen-bond donors (Lipinski definition) is 2. The van der Waals surface area contributed by atoms with Crippen molar-refractivity contribution >= 4 is 0 Å². The molecule has 86 valence electrons. The molecule has 0 aliphatic rings. The average Bonchev–Trinajstić information content (AvgIpc) is 2.49. The van der Waals surface area contributed by atoms with Crippen molar-refractivity contribution in [2.45, 2.75) is 39.3 Å². The van der Waals surface area contributed by atoms with E-state index < -0.39 is 5.60 Å². The van der Waals surface area contributed by atoms with Crippen molar-refractivity contribution < 1.29 is 5.11 Å². The Morgan fingerprint density at radius 3 is 2.73 bits per heavy atom. The summed E-state index contributed by atoms with van der Waals surface area (Å²) in [4.78, 5) is 0. The molecule has 2 N–H and O–H groups in total. The second-order valence-electron chi connectivity index (χ2n) is 4.59. The molecule has 1 rings (SSSR count). The molecule has 0 atom stereocenters. The summed E-state index contributed by atoms with van der Waals surface area (Å²) < 4.78 is 1.92. The maximum atomic E-state index is 9.48. The summed E-state index contributed by atoms with van der Waals surface area (Å²) >= 11 is 0. The van der Waals surface area contributed by atoms with Gasteiger partial charge in [-0.2, -0.15) is 5.10 Å². The molecule has 0 aromatic carbocycles. The molecule has 15 heavy (non-hydrogen) atoms. The molecule has 0 bridgehead atoms. The van der Waals surface area contributed by atoms with Crippen LogP contribution in [0.2, 0.25) is 0 Å². The largest absolute Gasteiger partial charge is 0.390 e. The lowest BCUT2D eigenvalue weighted by molar-refractivity contribution is 0.0712. The molecule has 0 unspecified atom stereocenters. The topological polar surface area (TPSA) is 50.1 Å². The lowest BCUT2D eigenvalue weighted by atomic mass is 10.1. The van der Waals surface area contributed by atoms with Crippen LogP contribution in [0.3, 0.4) is 0 Å². The molecule has 0 radical (unpaired) electrons. The minimum Gasteiger partial charge on any atom is -0.390 e. The monoisotopic (exact) mass is 211 g/mol. The number of hydrogen-bond acceptors (Lipinski definition) is 3. The summed E-state index contributed by atoms with van der Waals surface area (Å²) in [6.45, 7) is 8.28. The van der Waals surface area contributed by atoms with Gasteiger partial charge in [0.25, 0.3) is 0 Å². The number of rotatable bonds is 6. The van der Waals surface area contributed by atoms with Gasteiger partial charge in [0.2, 0.25) is 0 Å². The van der Waals surface area contributed by atoms with E-state index in [2.05, 4.69) is 10.4 Å². The maximum absolute atomic E-state index is 9.48. The third kappa shape index (κ3) is 5.54. The molecule has 0 aliphatic carbocycles. The third-order valence-corrected chi connectivity index (χ3v) is 2.19. The molecule has 4 heteroatoms. The molecule has 1 heterocycles. The SMILES string of the molecule is Cc1cnn(CCNCCC(C)(C)O)c1. The fourth-order valence-electron chi connectivity index (χ4n) is 1.30. The molecular weight excluding hydrogens is 190 g/mol. The van der Waals surface area contributed by atoms with E-state index in [1.54, 1.807) is 0 Å². The van der Waals surface area contributed by atoms with Crippen molar-refractivity contribution in [1.82, 2.24) is 15.1 Å².